The molecular formula is C31H46O3. The Morgan fingerprint density at radius 3 is 2.32 bits per heavy atom. The molecule has 0 amide bonds. The highest BCUT2D eigenvalue weighted by Crippen LogP contribution is 2.76. The first-order chi connectivity index (χ1) is 15.8. The molecule has 5 aliphatic rings. The van der Waals surface area contributed by atoms with Gasteiger partial charge < -0.3 is 5.11 Å². The van der Waals surface area contributed by atoms with Gasteiger partial charge in [-0.3, -0.25) is 9.59 Å². The number of allylic oxidation sites excluding steroid dienone is 3. The van der Waals surface area contributed by atoms with Crippen molar-refractivity contribution >= 4 is 12.1 Å². The van der Waals surface area contributed by atoms with E-state index in [0.717, 1.165) is 38.4 Å². The van der Waals surface area contributed by atoms with Gasteiger partial charge in [-0.05, 0) is 110 Å². The first-order valence-corrected chi connectivity index (χ1v) is 13.8. The van der Waals surface area contributed by atoms with Crippen molar-refractivity contribution in [1.82, 2.24) is 0 Å². The van der Waals surface area contributed by atoms with Crippen molar-refractivity contribution in [1.29, 1.82) is 0 Å². The summed E-state index contributed by atoms with van der Waals surface area (Å²) in [6.07, 6.45) is 12.1. The van der Waals surface area contributed by atoms with Crippen molar-refractivity contribution in [2.45, 2.75) is 92.9 Å². The van der Waals surface area contributed by atoms with Crippen molar-refractivity contribution in [3.63, 3.8) is 0 Å². The normalized spacial score (nSPS) is 51.4. The zero-order chi connectivity index (χ0) is 24.9. The molecule has 4 saturated carbocycles. The third-order valence-electron chi connectivity index (χ3n) is 13.0. The summed E-state index contributed by atoms with van der Waals surface area (Å²) >= 11 is 0. The van der Waals surface area contributed by atoms with E-state index in [9.17, 15) is 14.7 Å². The third-order valence-corrected chi connectivity index (χ3v) is 13.0. The van der Waals surface area contributed by atoms with Crippen LogP contribution in [0.15, 0.2) is 23.8 Å². The minimum Gasteiger partial charge on any atom is -0.396 e. The highest BCUT2D eigenvalue weighted by Gasteiger charge is 2.70. The van der Waals surface area contributed by atoms with Crippen LogP contribution >= 0.6 is 0 Å². The van der Waals surface area contributed by atoms with E-state index in [1.54, 1.807) is 0 Å². The summed E-state index contributed by atoms with van der Waals surface area (Å²) in [6, 6.07) is 0. The molecular weight excluding hydrogens is 420 g/mol. The Balaban J connectivity index is 1.60. The minimum atomic E-state index is -0.492. The molecule has 5 aliphatic carbocycles. The van der Waals surface area contributed by atoms with Crippen LogP contribution in [0.25, 0.3) is 0 Å². The third kappa shape index (κ3) is 2.74. The molecule has 0 radical (unpaired) electrons. The molecule has 0 saturated heterocycles. The molecule has 3 heteroatoms. The van der Waals surface area contributed by atoms with Gasteiger partial charge >= 0.3 is 0 Å². The van der Waals surface area contributed by atoms with Gasteiger partial charge in [-0.1, -0.05) is 52.8 Å². The molecule has 9 atom stereocenters. The van der Waals surface area contributed by atoms with Crippen LogP contribution in [0.2, 0.25) is 0 Å². The molecule has 1 unspecified atom stereocenters. The molecule has 3 nitrogen and oxygen atoms in total. The van der Waals surface area contributed by atoms with Gasteiger partial charge in [-0.2, -0.15) is 0 Å². The summed E-state index contributed by atoms with van der Waals surface area (Å²) in [5.41, 5.74) is 1.51. The molecule has 4 fully saturated rings. The van der Waals surface area contributed by atoms with E-state index >= 15 is 0 Å². The Bertz CT molecular complexity index is 960. The molecule has 188 valence electrons. The Hall–Kier alpha value is -1.22. The second-order valence-corrected chi connectivity index (χ2v) is 14.3. The van der Waals surface area contributed by atoms with Gasteiger partial charge in [0.05, 0.1) is 5.57 Å². The Kier molecular flexibility index (Phi) is 5.33. The Morgan fingerprint density at radius 1 is 1.00 bits per heavy atom. The molecule has 0 heterocycles. The van der Waals surface area contributed by atoms with Crippen molar-refractivity contribution < 1.29 is 14.7 Å². The van der Waals surface area contributed by atoms with E-state index in [4.69, 9.17) is 0 Å². The lowest BCUT2D eigenvalue weighted by Gasteiger charge is -2.71. The summed E-state index contributed by atoms with van der Waals surface area (Å²) in [4.78, 5) is 25.1. The van der Waals surface area contributed by atoms with E-state index < -0.39 is 5.41 Å². The number of carbonyl (C=O) groups excluding carboxylic acids is 2. The van der Waals surface area contributed by atoms with E-state index in [1.807, 2.05) is 0 Å². The van der Waals surface area contributed by atoms with E-state index in [-0.39, 0.29) is 33.4 Å². The lowest BCUT2D eigenvalue weighted by Crippen LogP contribution is -2.66. The van der Waals surface area contributed by atoms with Crippen LogP contribution in [0.4, 0.5) is 0 Å². The largest absolute Gasteiger partial charge is 0.396 e. The average molecular weight is 467 g/mol. The van der Waals surface area contributed by atoms with E-state index in [1.165, 1.54) is 24.8 Å². The topological polar surface area (TPSA) is 54.4 Å². The number of ketones is 1. The van der Waals surface area contributed by atoms with Gasteiger partial charge in [-0.15, -0.1) is 0 Å². The first-order valence-electron chi connectivity index (χ1n) is 13.8. The second-order valence-electron chi connectivity index (χ2n) is 14.3. The number of hydrogen-bond donors (Lipinski definition) is 1. The predicted molar refractivity (Wildman–Crippen MR) is 136 cm³/mol. The maximum Gasteiger partial charge on any atom is 0.171 e. The van der Waals surface area contributed by atoms with E-state index in [0.29, 0.717) is 35.9 Å². The van der Waals surface area contributed by atoms with Crippen LogP contribution in [0.3, 0.4) is 0 Å². The van der Waals surface area contributed by atoms with E-state index in [2.05, 4.69) is 54.2 Å². The summed E-state index contributed by atoms with van der Waals surface area (Å²) < 4.78 is 0. The fourth-order valence-electron chi connectivity index (χ4n) is 11.2. The van der Waals surface area contributed by atoms with Crippen molar-refractivity contribution in [3.05, 3.63) is 23.8 Å². The molecule has 0 aromatic heterocycles. The van der Waals surface area contributed by atoms with Gasteiger partial charge in [0, 0.05) is 12.0 Å². The van der Waals surface area contributed by atoms with Crippen molar-refractivity contribution in [2.24, 2.45) is 56.7 Å². The molecule has 5 rings (SSSR count). The summed E-state index contributed by atoms with van der Waals surface area (Å²) in [5, 5.41) is 10.7. The highest BCUT2D eigenvalue weighted by molar-refractivity contribution is 6.15. The van der Waals surface area contributed by atoms with Crippen molar-refractivity contribution in [2.75, 3.05) is 6.61 Å². The zero-order valence-corrected chi connectivity index (χ0v) is 22.4. The summed E-state index contributed by atoms with van der Waals surface area (Å²) in [6.45, 7) is 18.6. The Morgan fingerprint density at radius 2 is 1.71 bits per heavy atom. The number of aldehydes is 1. The van der Waals surface area contributed by atoms with Crippen LogP contribution in [0.1, 0.15) is 92.9 Å². The fraction of sp³-hybridized carbons (Fsp3) is 0.806. The summed E-state index contributed by atoms with van der Waals surface area (Å²) in [7, 11) is 0. The van der Waals surface area contributed by atoms with Crippen LogP contribution in [0.5, 0.6) is 0 Å². The van der Waals surface area contributed by atoms with Crippen LogP contribution in [-0.2, 0) is 9.59 Å². The number of aliphatic hydroxyl groups excluding tert-OH is 1. The molecule has 0 spiro atoms. The zero-order valence-electron chi connectivity index (χ0n) is 22.4. The number of rotatable bonds is 3. The fourth-order valence-corrected chi connectivity index (χ4v) is 11.2. The Labute approximate surface area is 206 Å². The van der Waals surface area contributed by atoms with Gasteiger partial charge in [0.1, 0.15) is 0 Å². The second kappa shape index (κ2) is 7.40. The highest BCUT2D eigenvalue weighted by atomic mass is 16.3. The lowest BCUT2D eigenvalue weighted by molar-refractivity contribution is -0.221. The standard InChI is InChI=1S/C31H46O3/c1-19(2)21-10-13-31(18-33)15-14-29(6)22(25(21)31)8-9-24-28(5)16-20(17-32)26(34)27(3,4)23(28)11-12-30(24,29)7/h16-17,21-25,33H,1,8-15,18H2,2-7H3/t21-,22+,23?,24+,25+,28-,29+,30+,31+/m0/s1. The molecule has 34 heavy (non-hydrogen) atoms. The number of carbonyl (C=O) groups is 2. The van der Waals surface area contributed by atoms with Gasteiger partial charge in [-0.25, -0.2) is 0 Å². The first kappa shape index (κ1) is 24.5. The molecule has 0 aromatic rings. The number of hydrogen-bond acceptors (Lipinski definition) is 3. The quantitative estimate of drug-likeness (QED) is 0.291. The monoisotopic (exact) mass is 466 g/mol. The number of Topliss-reactive ketones (excluding diaryl/α,β-unsaturated/α-hetero) is 1. The molecule has 1 N–H and O–H groups in total. The summed E-state index contributed by atoms with van der Waals surface area (Å²) in [5.74, 6) is 2.44. The van der Waals surface area contributed by atoms with Gasteiger partial charge in [0.15, 0.2) is 12.1 Å². The predicted octanol–water partition coefficient (Wildman–Crippen LogP) is 6.55. The molecule has 0 aromatic carbocycles. The van der Waals surface area contributed by atoms with Gasteiger partial charge in [0.25, 0.3) is 0 Å². The number of fused-ring (bicyclic) bond motifs is 7. The van der Waals surface area contributed by atoms with Crippen LogP contribution < -0.4 is 0 Å². The molecule has 0 aliphatic heterocycles. The minimum absolute atomic E-state index is 0.0362. The van der Waals surface area contributed by atoms with Crippen molar-refractivity contribution in [3.8, 4) is 0 Å². The maximum absolute atomic E-state index is 13.2. The smallest absolute Gasteiger partial charge is 0.171 e. The van der Waals surface area contributed by atoms with Gasteiger partial charge in [0.2, 0.25) is 0 Å². The molecule has 0 bridgehead atoms. The SMILES string of the molecule is C=C(C)[C@@H]1CC[C@]2(CO)CC[C@]3(C)[C@H](CC[C@@H]4[C@@]5(C)C=C(C=O)C(=O)C(C)(C)C5CC[C@]43C)[C@@H]12. The van der Waals surface area contributed by atoms with Crippen LogP contribution in [-0.4, -0.2) is 23.8 Å². The van der Waals surface area contributed by atoms with Crippen LogP contribution in [0, 0.1) is 56.7 Å². The lowest BCUT2D eigenvalue weighted by atomic mass is 9.33. The number of aliphatic hydroxyl groups is 1. The maximum atomic E-state index is 13.2. The average Bonchev–Trinajstić information content (AvgIpc) is 3.17.